The molecule has 0 spiro atoms. The molecular weight excluding hydrogens is 326 g/mol. The van der Waals surface area contributed by atoms with Gasteiger partial charge in [-0.3, -0.25) is 14.6 Å². The van der Waals surface area contributed by atoms with Crippen molar-refractivity contribution in [1.82, 2.24) is 4.98 Å². The molecule has 0 aliphatic carbocycles. The number of allylic oxidation sites excluding steroid dienone is 2. The summed E-state index contributed by atoms with van der Waals surface area (Å²) in [5.41, 5.74) is 2.52. The molecule has 0 aliphatic rings. The number of phenolic OH excluding ortho intramolecular Hbond substituents is 1. The van der Waals surface area contributed by atoms with Gasteiger partial charge in [0.15, 0.2) is 11.6 Å². The van der Waals surface area contributed by atoms with Crippen LogP contribution in [0.25, 0.3) is 23.1 Å². The quantitative estimate of drug-likeness (QED) is 0.538. The molecule has 4 nitrogen and oxygen atoms in total. The number of fused-ring (bicyclic) bond motifs is 1. The van der Waals surface area contributed by atoms with Crippen molar-refractivity contribution >= 4 is 34.6 Å². The second kappa shape index (κ2) is 8.03. The lowest BCUT2D eigenvalue weighted by Gasteiger charge is -2.00. The van der Waals surface area contributed by atoms with Crippen molar-refractivity contribution in [2.75, 3.05) is 0 Å². The van der Waals surface area contributed by atoms with Crippen LogP contribution in [0.15, 0.2) is 72.9 Å². The van der Waals surface area contributed by atoms with Gasteiger partial charge in [0.2, 0.25) is 0 Å². The van der Waals surface area contributed by atoms with Gasteiger partial charge in [-0.1, -0.05) is 42.5 Å². The van der Waals surface area contributed by atoms with Gasteiger partial charge in [0.1, 0.15) is 5.75 Å². The van der Waals surface area contributed by atoms with Gasteiger partial charge in [-0.05, 0) is 47.5 Å². The lowest BCUT2D eigenvalue weighted by atomic mass is 10.1. The van der Waals surface area contributed by atoms with Crippen LogP contribution < -0.4 is 0 Å². The van der Waals surface area contributed by atoms with Gasteiger partial charge in [-0.15, -0.1) is 0 Å². The van der Waals surface area contributed by atoms with E-state index in [0.717, 1.165) is 22.0 Å². The first-order valence-corrected chi connectivity index (χ1v) is 8.16. The maximum absolute atomic E-state index is 12.0. The standard InChI is InChI=1S/C22H17NO3/c24-18-10-6-16(7-11-18)8-12-19(25)15-20(26)13-9-17-3-1-5-22-21(17)4-2-14-23-22/h1-14,24H,15H2/b12-8+,13-9+. The second-order valence-corrected chi connectivity index (χ2v) is 5.78. The molecule has 3 aromatic rings. The molecule has 26 heavy (non-hydrogen) atoms. The fourth-order valence-electron chi connectivity index (χ4n) is 2.52. The van der Waals surface area contributed by atoms with Gasteiger partial charge in [0.05, 0.1) is 11.9 Å². The maximum atomic E-state index is 12.0. The van der Waals surface area contributed by atoms with E-state index in [-0.39, 0.29) is 23.7 Å². The molecule has 0 saturated carbocycles. The molecular formula is C22H17NO3. The van der Waals surface area contributed by atoms with Crippen LogP contribution in [-0.4, -0.2) is 21.7 Å². The highest BCUT2D eigenvalue weighted by molar-refractivity contribution is 6.11. The van der Waals surface area contributed by atoms with Gasteiger partial charge < -0.3 is 5.11 Å². The minimum absolute atomic E-state index is 0.164. The van der Waals surface area contributed by atoms with Crippen LogP contribution in [0.1, 0.15) is 17.5 Å². The van der Waals surface area contributed by atoms with Gasteiger partial charge in [-0.25, -0.2) is 0 Å². The Hall–Kier alpha value is -3.53. The number of benzene rings is 2. The average Bonchev–Trinajstić information content (AvgIpc) is 2.66. The van der Waals surface area contributed by atoms with Gasteiger partial charge >= 0.3 is 0 Å². The van der Waals surface area contributed by atoms with E-state index in [2.05, 4.69) is 4.98 Å². The van der Waals surface area contributed by atoms with Crippen LogP contribution in [0.5, 0.6) is 5.75 Å². The zero-order valence-electron chi connectivity index (χ0n) is 14.0. The van der Waals surface area contributed by atoms with Gasteiger partial charge in [-0.2, -0.15) is 0 Å². The van der Waals surface area contributed by atoms with E-state index in [9.17, 15) is 14.7 Å². The van der Waals surface area contributed by atoms with Gasteiger partial charge in [0, 0.05) is 11.6 Å². The lowest BCUT2D eigenvalue weighted by Crippen LogP contribution is -2.01. The van der Waals surface area contributed by atoms with Crippen LogP contribution in [-0.2, 0) is 9.59 Å². The molecule has 2 aromatic carbocycles. The van der Waals surface area contributed by atoms with Crippen LogP contribution in [0.4, 0.5) is 0 Å². The SMILES string of the molecule is O=C(/C=C/c1ccc(O)cc1)CC(=O)/C=C/c1cccc2ncccc12. The molecule has 0 radical (unpaired) electrons. The normalized spacial score (nSPS) is 11.4. The number of carbonyl (C=O) groups excluding carboxylic acids is 2. The molecule has 0 unspecified atom stereocenters. The molecule has 1 N–H and O–H groups in total. The van der Waals surface area contributed by atoms with Crippen molar-refractivity contribution < 1.29 is 14.7 Å². The predicted octanol–water partition coefficient (Wildman–Crippen LogP) is 4.20. The predicted molar refractivity (Wildman–Crippen MR) is 103 cm³/mol. The van der Waals surface area contributed by atoms with Crippen molar-refractivity contribution in [3.63, 3.8) is 0 Å². The fraction of sp³-hybridized carbons (Fsp3) is 0.0455. The van der Waals surface area contributed by atoms with E-state index in [4.69, 9.17) is 0 Å². The number of nitrogens with zero attached hydrogens (tertiary/aromatic N) is 1. The van der Waals surface area contributed by atoms with Crippen molar-refractivity contribution in [1.29, 1.82) is 0 Å². The van der Waals surface area contributed by atoms with E-state index < -0.39 is 0 Å². The number of aromatic hydroxyl groups is 1. The number of hydrogen-bond acceptors (Lipinski definition) is 4. The maximum Gasteiger partial charge on any atom is 0.163 e. The number of pyridine rings is 1. The first-order chi connectivity index (χ1) is 12.6. The van der Waals surface area contributed by atoms with Crippen LogP contribution in [0, 0.1) is 0 Å². The number of aromatic nitrogens is 1. The van der Waals surface area contributed by atoms with Crippen LogP contribution in [0.2, 0.25) is 0 Å². The molecule has 128 valence electrons. The summed E-state index contributed by atoms with van der Waals surface area (Å²) in [5.74, 6) is -0.365. The Kier molecular flexibility index (Phi) is 5.34. The average molecular weight is 343 g/mol. The summed E-state index contributed by atoms with van der Waals surface area (Å²) in [4.78, 5) is 28.2. The molecule has 1 heterocycles. The largest absolute Gasteiger partial charge is 0.508 e. The van der Waals surface area contributed by atoms with Crippen molar-refractivity contribution in [3.8, 4) is 5.75 Å². The minimum Gasteiger partial charge on any atom is -0.508 e. The molecule has 4 heteroatoms. The minimum atomic E-state index is -0.271. The van der Waals surface area contributed by atoms with Crippen LogP contribution in [0.3, 0.4) is 0 Å². The third kappa shape index (κ3) is 4.51. The summed E-state index contributed by atoms with van der Waals surface area (Å²) in [7, 11) is 0. The Bertz CT molecular complexity index is 996. The van der Waals surface area contributed by atoms with Crippen molar-refractivity contribution in [3.05, 3.63) is 84.1 Å². The Balaban J connectivity index is 1.63. The topological polar surface area (TPSA) is 67.3 Å². The zero-order chi connectivity index (χ0) is 18.4. The fourth-order valence-corrected chi connectivity index (χ4v) is 2.52. The second-order valence-electron chi connectivity index (χ2n) is 5.78. The summed E-state index contributed by atoms with van der Waals surface area (Å²) >= 11 is 0. The molecule has 0 saturated heterocycles. The molecule has 0 amide bonds. The number of rotatable bonds is 6. The summed E-state index contributed by atoms with van der Waals surface area (Å²) in [5, 5.41) is 10.2. The first-order valence-electron chi connectivity index (χ1n) is 8.16. The third-order valence-electron chi connectivity index (χ3n) is 3.83. The van der Waals surface area contributed by atoms with Crippen LogP contribution >= 0.6 is 0 Å². The highest BCUT2D eigenvalue weighted by Crippen LogP contribution is 2.17. The Morgan fingerprint density at radius 2 is 1.62 bits per heavy atom. The third-order valence-corrected chi connectivity index (χ3v) is 3.83. The Labute approximate surface area is 151 Å². The molecule has 0 fully saturated rings. The highest BCUT2D eigenvalue weighted by atomic mass is 16.3. The van der Waals surface area contributed by atoms with Crippen molar-refractivity contribution in [2.24, 2.45) is 0 Å². The summed E-state index contributed by atoms with van der Waals surface area (Å²) < 4.78 is 0. The molecule has 0 atom stereocenters. The molecule has 0 aliphatic heterocycles. The van der Waals surface area contributed by atoms with E-state index in [1.54, 1.807) is 30.5 Å². The van der Waals surface area contributed by atoms with E-state index >= 15 is 0 Å². The summed E-state index contributed by atoms with van der Waals surface area (Å²) in [6.07, 6.45) is 7.67. The monoisotopic (exact) mass is 343 g/mol. The Morgan fingerprint density at radius 1 is 0.885 bits per heavy atom. The number of hydrogen-bond donors (Lipinski definition) is 1. The Morgan fingerprint density at radius 3 is 2.38 bits per heavy atom. The molecule has 0 bridgehead atoms. The molecule has 3 rings (SSSR count). The smallest absolute Gasteiger partial charge is 0.163 e. The molecule has 1 aromatic heterocycles. The van der Waals surface area contributed by atoms with E-state index in [1.807, 2.05) is 30.3 Å². The lowest BCUT2D eigenvalue weighted by molar-refractivity contribution is -0.121. The number of carbonyl (C=O) groups is 2. The summed E-state index contributed by atoms with van der Waals surface area (Å²) in [6.45, 7) is 0. The zero-order valence-corrected chi connectivity index (χ0v) is 14.0. The summed E-state index contributed by atoms with van der Waals surface area (Å²) in [6, 6.07) is 15.9. The van der Waals surface area contributed by atoms with Crippen molar-refractivity contribution in [2.45, 2.75) is 6.42 Å². The first kappa shape index (κ1) is 17.3. The highest BCUT2D eigenvalue weighted by Gasteiger charge is 2.04. The van der Waals surface area contributed by atoms with E-state index in [1.165, 1.54) is 24.3 Å². The van der Waals surface area contributed by atoms with E-state index in [0.29, 0.717) is 0 Å². The number of ketones is 2. The number of phenols is 1. The van der Waals surface area contributed by atoms with Gasteiger partial charge in [0.25, 0.3) is 0 Å².